The van der Waals surface area contributed by atoms with Crippen LogP contribution in [0, 0.1) is 0 Å². The average Bonchev–Trinajstić information content (AvgIpc) is 3.24. The van der Waals surface area contributed by atoms with Crippen molar-refractivity contribution < 1.29 is 22.7 Å². The van der Waals surface area contributed by atoms with Gasteiger partial charge in [-0.15, -0.1) is 0 Å². The van der Waals surface area contributed by atoms with Crippen molar-refractivity contribution in [1.29, 1.82) is 0 Å². The molecular weight excluding hydrogens is 382 g/mol. The van der Waals surface area contributed by atoms with Crippen LogP contribution in [0.5, 0.6) is 0 Å². The maximum Gasteiger partial charge on any atom is 0.331 e. The van der Waals surface area contributed by atoms with Gasteiger partial charge in [-0.05, 0) is 18.1 Å². The number of nitrogens with one attached hydrogen (secondary N) is 1. The average molecular weight is 403 g/mol. The van der Waals surface area contributed by atoms with Gasteiger partial charge in [-0.25, -0.2) is 13.2 Å². The summed E-state index contributed by atoms with van der Waals surface area (Å²) >= 11 is 0. The minimum absolute atomic E-state index is 0.0679. The summed E-state index contributed by atoms with van der Waals surface area (Å²) in [6, 6.07) is 9.44. The fraction of sp³-hybridized carbons (Fsp3) is 0.316. The van der Waals surface area contributed by atoms with Crippen molar-refractivity contribution in [3.63, 3.8) is 0 Å². The standard InChI is InChI=1S/C19H21N3O5S/c23-18(21-17-8-9-28(25,26)14-17)13-27-19(24)7-6-16-10-20-22(12-16)11-15-4-2-1-3-5-15/h1-7,10,12,17H,8-9,11,13-14H2,(H,21,23)/b7-6+/t17-/m0/s1. The number of esters is 1. The van der Waals surface area contributed by atoms with E-state index in [2.05, 4.69) is 10.4 Å². The third kappa shape index (κ3) is 6.05. The van der Waals surface area contributed by atoms with Crippen LogP contribution in [0.3, 0.4) is 0 Å². The molecule has 0 aliphatic carbocycles. The van der Waals surface area contributed by atoms with Gasteiger partial charge in [0.1, 0.15) is 0 Å². The van der Waals surface area contributed by atoms with Crippen LogP contribution in [0.2, 0.25) is 0 Å². The van der Waals surface area contributed by atoms with Crippen LogP contribution in [0.25, 0.3) is 6.08 Å². The van der Waals surface area contributed by atoms with E-state index in [4.69, 9.17) is 4.74 Å². The van der Waals surface area contributed by atoms with Crippen LogP contribution >= 0.6 is 0 Å². The minimum Gasteiger partial charge on any atom is -0.452 e. The van der Waals surface area contributed by atoms with Crippen molar-refractivity contribution in [2.75, 3.05) is 18.1 Å². The normalized spacial score (nSPS) is 18.2. The Morgan fingerprint density at radius 2 is 2.07 bits per heavy atom. The Morgan fingerprint density at radius 1 is 1.29 bits per heavy atom. The Kier molecular flexibility index (Phi) is 6.25. The summed E-state index contributed by atoms with van der Waals surface area (Å²) in [5.74, 6) is -1.18. The van der Waals surface area contributed by atoms with E-state index in [-0.39, 0.29) is 11.5 Å². The molecule has 0 saturated carbocycles. The van der Waals surface area contributed by atoms with E-state index in [9.17, 15) is 18.0 Å². The molecule has 1 amide bonds. The molecule has 1 fully saturated rings. The molecule has 8 nitrogen and oxygen atoms in total. The molecule has 1 aromatic heterocycles. The molecule has 28 heavy (non-hydrogen) atoms. The number of amides is 1. The fourth-order valence-electron chi connectivity index (χ4n) is 2.85. The van der Waals surface area contributed by atoms with Crippen LogP contribution in [-0.2, 0) is 30.7 Å². The molecule has 0 bridgehead atoms. The second-order valence-corrected chi connectivity index (χ2v) is 8.79. The fourth-order valence-corrected chi connectivity index (χ4v) is 4.52. The molecule has 0 radical (unpaired) electrons. The number of ether oxygens (including phenoxy) is 1. The Hall–Kier alpha value is -2.94. The summed E-state index contributed by atoms with van der Waals surface area (Å²) in [5.41, 5.74) is 1.84. The summed E-state index contributed by atoms with van der Waals surface area (Å²) in [5, 5.41) is 6.79. The predicted octanol–water partition coefficient (Wildman–Crippen LogP) is 0.791. The van der Waals surface area contributed by atoms with Crippen LogP contribution in [0.15, 0.2) is 48.8 Å². The molecule has 1 aliphatic rings. The summed E-state index contributed by atoms with van der Waals surface area (Å²) in [7, 11) is -3.07. The molecule has 1 saturated heterocycles. The second kappa shape index (κ2) is 8.83. The van der Waals surface area contributed by atoms with Crippen molar-refractivity contribution in [1.82, 2.24) is 15.1 Å². The van der Waals surface area contributed by atoms with Gasteiger partial charge in [0.25, 0.3) is 5.91 Å². The van der Waals surface area contributed by atoms with Gasteiger partial charge in [-0.1, -0.05) is 30.3 Å². The van der Waals surface area contributed by atoms with Gasteiger partial charge in [0, 0.05) is 23.9 Å². The quantitative estimate of drug-likeness (QED) is 0.541. The zero-order valence-corrected chi connectivity index (χ0v) is 16.0. The summed E-state index contributed by atoms with van der Waals surface area (Å²) in [4.78, 5) is 23.5. The molecule has 1 atom stereocenters. The number of hydrogen-bond acceptors (Lipinski definition) is 6. The highest BCUT2D eigenvalue weighted by Gasteiger charge is 2.28. The highest BCUT2D eigenvalue weighted by Crippen LogP contribution is 2.11. The third-order valence-corrected chi connectivity index (χ3v) is 5.96. The molecule has 148 valence electrons. The SMILES string of the molecule is O=C(COC(=O)/C=C/c1cnn(Cc2ccccc2)c1)N[C@H]1CCS(=O)(=O)C1. The Labute approximate surface area is 163 Å². The van der Waals surface area contributed by atoms with Crippen LogP contribution in [0.1, 0.15) is 17.5 Å². The Balaban J connectivity index is 1.42. The lowest BCUT2D eigenvalue weighted by molar-refractivity contribution is -0.143. The predicted molar refractivity (Wildman–Crippen MR) is 103 cm³/mol. The number of nitrogens with zero attached hydrogens (tertiary/aromatic N) is 2. The Morgan fingerprint density at radius 3 is 2.79 bits per heavy atom. The number of rotatable bonds is 7. The van der Waals surface area contributed by atoms with Crippen LogP contribution in [-0.4, -0.2) is 54.2 Å². The number of sulfone groups is 1. The van der Waals surface area contributed by atoms with E-state index in [0.29, 0.717) is 13.0 Å². The topological polar surface area (TPSA) is 107 Å². The first-order valence-corrected chi connectivity index (χ1v) is 10.6. The molecule has 9 heteroatoms. The highest BCUT2D eigenvalue weighted by molar-refractivity contribution is 7.91. The molecule has 1 N–H and O–H groups in total. The lowest BCUT2D eigenvalue weighted by Gasteiger charge is -2.10. The first kappa shape index (κ1) is 19.8. The molecule has 2 heterocycles. The molecule has 1 aliphatic heterocycles. The second-order valence-electron chi connectivity index (χ2n) is 6.57. The number of carbonyl (C=O) groups excluding carboxylic acids is 2. The molecule has 3 rings (SSSR count). The van der Waals surface area contributed by atoms with Gasteiger partial charge in [0.05, 0.1) is 24.2 Å². The van der Waals surface area contributed by atoms with Crippen molar-refractivity contribution in [3.05, 3.63) is 59.9 Å². The first-order chi connectivity index (χ1) is 13.4. The van der Waals surface area contributed by atoms with E-state index in [1.165, 1.54) is 6.08 Å². The van der Waals surface area contributed by atoms with Gasteiger partial charge >= 0.3 is 5.97 Å². The van der Waals surface area contributed by atoms with Gasteiger partial charge < -0.3 is 10.1 Å². The summed E-state index contributed by atoms with van der Waals surface area (Å²) in [6.07, 6.45) is 6.58. The number of hydrogen-bond donors (Lipinski definition) is 1. The van der Waals surface area contributed by atoms with Crippen molar-refractivity contribution in [2.45, 2.75) is 19.0 Å². The monoisotopic (exact) mass is 403 g/mol. The van der Waals surface area contributed by atoms with Gasteiger partial charge in [0.15, 0.2) is 16.4 Å². The van der Waals surface area contributed by atoms with E-state index >= 15 is 0 Å². The molecule has 0 spiro atoms. The molecular formula is C19H21N3O5S. The number of aromatic nitrogens is 2. The Bertz CT molecular complexity index is 966. The van der Waals surface area contributed by atoms with E-state index in [0.717, 1.165) is 11.1 Å². The largest absolute Gasteiger partial charge is 0.452 e. The molecule has 2 aromatic rings. The van der Waals surface area contributed by atoms with Gasteiger partial charge in [-0.2, -0.15) is 5.10 Å². The first-order valence-electron chi connectivity index (χ1n) is 8.81. The summed E-state index contributed by atoms with van der Waals surface area (Å²) in [6.45, 7) is 0.170. The lowest BCUT2D eigenvalue weighted by atomic mass is 10.2. The third-order valence-electron chi connectivity index (χ3n) is 4.20. The van der Waals surface area contributed by atoms with Gasteiger partial charge in [0.2, 0.25) is 0 Å². The highest BCUT2D eigenvalue weighted by atomic mass is 32.2. The van der Waals surface area contributed by atoms with E-state index in [1.54, 1.807) is 23.2 Å². The van der Waals surface area contributed by atoms with Crippen LogP contribution < -0.4 is 5.32 Å². The molecule has 0 unspecified atom stereocenters. The lowest BCUT2D eigenvalue weighted by Crippen LogP contribution is -2.38. The van der Waals surface area contributed by atoms with Gasteiger partial charge in [-0.3, -0.25) is 9.48 Å². The summed E-state index contributed by atoms with van der Waals surface area (Å²) < 4.78 is 29.3. The number of benzene rings is 1. The smallest absolute Gasteiger partial charge is 0.331 e. The van der Waals surface area contributed by atoms with Crippen molar-refractivity contribution in [2.24, 2.45) is 0 Å². The van der Waals surface area contributed by atoms with E-state index < -0.39 is 34.4 Å². The zero-order chi connectivity index (χ0) is 20.0. The zero-order valence-electron chi connectivity index (χ0n) is 15.2. The maximum absolute atomic E-state index is 11.7. The van der Waals surface area contributed by atoms with Crippen molar-refractivity contribution >= 4 is 27.8 Å². The van der Waals surface area contributed by atoms with E-state index in [1.807, 2.05) is 30.3 Å². The van der Waals surface area contributed by atoms with Crippen LogP contribution in [0.4, 0.5) is 0 Å². The molecule has 1 aromatic carbocycles. The minimum atomic E-state index is -3.07. The van der Waals surface area contributed by atoms with Crippen molar-refractivity contribution in [3.8, 4) is 0 Å². The maximum atomic E-state index is 11.7. The number of carbonyl (C=O) groups is 2.